The lowest BCUT2D eigenvalue weighted by molar-refractivity contribution is -0.0328. The standard InChI is InChI=1S/4C11H14O2.C5H12O4/c4*1-11(2,3)9-6-4-8(5-7-9)10(12)13;6-1-5(2-7,3-8)4-9/h4*4-7H,1-3H3,(H,12,13);6-9H,1-4H2. The van der Waals surface area contributed by atoms with E-state index in [4.69, 9.17) is 40.9 Å². The lowest BCUT2D eigenvalue weighted by Gasteiger charge is -2.23. The minimum absolute atomic E-state index is 0.0804. The molecule has 0 aliphatic rings. The molecule has 0 amide bonds. The fraction of sp³-hybridized carbons (Fsp3) is 0.429. The third-order valence-corrected chi connectivity index (χ3v) is 9.33. The van der Waals surface area contributed by atoms with Gasteiger partial charge >= 0.3 is 23.9 Å². The Morgan fingerprint density at radius 3 is 0.508 bits per heavy atom. The van der Waals surface area contributed by atoms with Crippen LogP contribution in [0, 0.1) is 5.41 Å². The van der Waals surface area contributed by atoms with Crippen LogP contribution in [0.15, 0.2) is 97.1 Å². The molecule has 0 aromatic heterocycles. The summed E-state index contributed by atoms with van der Waals surface area (Å²) in [6.07, 6.45) is 0. The molecule has 0 heterocycles. The van der Waals surface area contributed by atoms with Crippen molar-refractivity contribution in [2.75, 3.05) is 26.4 Å². The van der Waals surface area contributed by atoms with Gasteiger partial charge in [-0.05, 0) is 92.4 Å². The number of hydrogen-bond donors (Lipinski definition) is 8. The van der Waals surface area contributed by atoms with Crippen molar-refractivity contribution in [3.63, 3.8) is 0 Å². The molecule has 0 aliphatic heterocycles. The maximum atomic E-state index is 10.6. The van der Waals surface area contributed by atoms with E-state index in [0.29, 0.717) is 22.3 Å². The van der Waals surface area contributed by atoms with Crippen molar-refractivity contribution in [3.05, 3.63) is 142 Å². The second-order valence-corrected chi connectivity index (χ2v) is 18.7. The molecule has 0 radical (unpaired) electrons. The van der Waals surface area contributed by atoms with Crippen LogP contribution in [0.2, 0.25) is 0 Å². The fourth-order valence-corrected chi connectivity index (χ4v) is 4.75. The van der Waals surface area contributed by atoms with Gasteiger partial charge in [0, 0.05) is 0 Å². The molecular weight excluding hydrogens is 781 g/mol. The summed E-state index contributed by atoms with van der Waals surface area (Å²) in [5, 5.41) is 68.7. The Hall–Kier alpha value is -5.40. The molecule has 0 saturated carbocycles. The van der Waals surface area contributed by atoms with Crippen molar-refractivity contribution < 1.29 is 60.0 Å². The number of aliphatic hydroxyl groups excluding tert-OH is 4. The molecule has 12 nitrogen and oxygen atoms in total. The van der Waals surface area contributed by atoms with Crippen molar-refractivity contribution in [2.24, 2.45) is 5.41 Å². The van der Waals surface area contributed by atoms with Crippen LogP contribution in [0.3, 0.4) is 0 Å². The van der Waals surface area contributed by atoms with Gasteiger partial charge in [0.25, 0.3) is 0 Å². The van der Waals surface area contributed by atoms with Crippen LogP contribution in [0.1, 0.15) is 147 Å². The summed E-state index contributed by atoms with van der Waals surface area (Å²) in [5.41, 5.74) is 5.18. The maximum absolute atomic E-state index is 10.6. The quantitative estimate of drug-likeness (QED) is 0.0833. The van der Waals surface area contributed by atoms with Crippen LogP contribution in [-0.4, -0.2) is 91.2 Å². The van der Waals surface area contributed by atoms with E-state index in [0.717, 1.165) is 22.3 Å². The zero-order chi connectivity index (χ0) is 47.6. The first-order valence-corrected chi connectivity index (χ1v) is 19.7. The first-order valence-electron chi connectivity index (χ1n) is 19.7. The van der Waals surface area contributed by atoms with Gasteiger partial charge in [0.15, 0.2) is 0 Å². The van der Waals surface area contributed by atoms with Crippen LogP contribution in [-0.2, 0) is 21.7 Å². The van der Waals surface area contributed by atoms with Crippen LogP contribution in [0.5, 0.6) is 0 Å². The second kappa shape index (κ2) is 24.1. The van der Waals surface area contributed by atoms with Crippen molar-refractivity contribution in [3.8, 4) is 0 Å². The van der Waals surface area contributed by atoms with Crippen LogP contribution in [0.25, 0.3) is 0 Å². The number of aromatic carboxylic acids is 4. The van der Waals surface area contributed by atoms with Crippen molar-refractivity contribution in [2.45, 2.75) is 105 Å². The van der Waals surface area contributed by atoms with Crippen molar-refractivity contribution in [1.82, 2.24) is 0 Å². The third-order valence-electron chi connectivity index (χ3n) is 9.33. The number of carbonyl (C=O) groups is 4. The van der Waals surface area contributed by atoms with E-state index in [9.17, 15) is 19.2 Å². The Bertz CT molecular complexity index is 1640. The Kier molecular flexibility index (Phi) is 22.0. The van der Waals surface area contributed by atoms with Crippen molar-refractivity contribution >= 4 is 23.9 Å². The number of hydrogen-bond acceptors (Lipinski definition) is 8. The molecule has 61 heavy (non-hydrogen) atoms. The maximum Gasteiger partial charge on any atom is 0.335 e. The highest BCUT2D eigenvalue weighted by molar-refractivity contribution is 5.89. The lowest BCUT2D eigenvalue weighted by Crippen LogP contribution is -2.37. The van der Waals surface area contributed by atoms with E-state index in [1.165, 1.54) is 0 Å². The van der Waals surface area contributed by atoms with Gasteiger partial charge in [-0.15, -0.1) is 0 Å². The van der Waals surface area contributed by atoms with Gasteiger partial charge in [-0.1, -0.05) is 132 Å². The normalized spacial score (nSPS) is 11.4. The fourth-order valence-electron chi connectivity index (χ4n) is 4.75. The summed E-state index contributed by atoms with van der Waals surface area (Å²) in [4.78, 5) is 42.2. The summed E-state index contributed by atoms with van der Waals surface area (Å²) < 4.78 is 0. The highest BCUT2D eigenvalue weighted by atomic mass is 16.4. The molecule has 12 heteroatoms. The SMILES string of the molecule is CC(C)(C)c1ccc(C(=O)O)cc1.CC(C)(C)c1ccc(C(=O)O)cc1.CC(C)(C)c1ccc(C(=O)O)cc1.CC(C)(C)c1ccc(C(=O)O)cc1.OCC(CO)(CO)CO. The first-order chi connectivity index (χ1) is 27.9. The van der Waals surface area contributed by atoms with Crippen LogP contribution < -0.4 is 0 Å². The van der Waals surface area contributed by atoms with E-state index < -0.39 is 55.7 Å². The zero-order valence-electron chi connectivity index (χ0n) is 37.8. The van der Waals surface area contributed by atoms with Gasteiger partial charge in [-0.25, -0.2) is 19.2 Å². The predicted molar refractivity (Wildman–Crippen MR) is 239 cm³/mol. The lowest BCUT2D eigenvalue weighted by atomic mass is 9.87. The molecule has 0 atom stereocenters. The number of aliphatic hydroxyl groups is 4. The van der Waals surface area contributed by atoms with E-state index in [2.05, 4.69) is 83.1 Å². The summed E-state index contributed by atoms with van der Waals surface area (Å²) in [6.45, 7) is 23.6. The number of benzene rings is 4. The summed E-state index contributed by atoms with van der Waals surface area (Å²) in [7, 11) is 0. The molecule has 0 saturated heterocycles. The molecule has 0 fully saturated rings. The minimum Gasteiger partial charge on any atom is -0.478 e. The number of rotatable bonds is 8. The topological polar surface area (TPSA) is 230 Å². The second-order valence-electron chi connectivity index (χ2n) is 18.7. The predicted octanol–water partition coefficient (Wildman–Crippen LogP) is 8.67. The van der Waals surface area contributed by atoms with Gasteiger partial charge in [-0.3, -0.25) is 0 Å². The molecule has 4 aromatic rings. The van der Waals surface area contributed by atoms with E-state index in [-0.39, 0.29) is 21.7 Å². The molecule has 0 spiro atoms. The van der Waals surface area contributed by atoms with Crippen LogP contribution >= 0.6 is 0 Å². The van der Waals surface area contributed by atoms with Crippen LogP contribution in [0.4, 0.5) is 0 Å². The highest BCUT2D eigenvalue weighted by Crippen LogP contribution is 2.25. The Labute approximate surface area is 361 Å². The molecule has 0 aliphatic carbocycles. The summed E-state index contributed by atoms with van der Waals surface area (Å²) in [5.74, 6) is -3.50. The van der Waals surface area contributed by atoms with E-state index >= 15 is 0 Å². The van der Waals surface area contributed by atoms with Gasteiger partial charge in [-0.2, -0.15) is 0 Å². The third kappa shape index (κ3) is 20.1. The molecule has 4 aromatic carbocycles. The minimum atomic E-state index is -1.11. The molecule has 0 unspecified atom stereocenters. The Morgan fingerprint density at radius 2 is 0.443 bits per heavy atom. The van der Waals surface area contributed by atoms with Gasteiger partial charge in [0.05, 0.1) is 54.1 Å². The number of carboxylic acid groups (broad SMARTS) is 4. The average molecular weight is 849 g/mol. The van der Waals surface area contributed by atoms with Gasteiger partial charge in [0.2, 0.25) is 0 Å². The average Bonchev–Trinajstić information content (AvgIpc) is 3.19. The van der Waals surface area contributed by atoms with E-state index in [1.807, 2.05) is 48.5 Å². The Morgan fingerprint density at radius 1 is 0.311 bits per heavy atom. The van der Waals surface area contributed by atoms with E-state index in [1.54, 1.807) is 48.5 Å². The largest absolute Gasteiger partial charge is 0.478 e. The molecule has 4 rings (SSSR count). The Balaban J connectivity index is 0.000000742. The highest BCUT2D eigenvalue weighted by Gasteiger charge is 2.26. The monoisotopic (exact) mass is 848 g/mol. The molecule has 336 valence electrons. The van der Waals surface area contributed by atoms with Gasteiger partial charge < -0.3 is 40.9 Å². The number of carboxylic acids is 4. The molecular formula is C49H68O12. The summed E-state index contributed by atoms with van der Waals surface area (Å²) >= 11 is 0. The molecule has 0 bridgehead atoms. The summed E-state index contributed by atoms with van der Waals surface area (Å²) in [6, 6.07) is 28.1. The smallest absolute Gasteiger partial charge is 0.335 e. The van der Waals surface area contributed by atoms with Crippen molar-refractivity contribution in [1.29, 1.82) is 0 Å². The van der Waals surface area contributed by atoms with Gasteiger partial charge in [0.1, 0.15) is 0 Å². The zero-order valence-corrected chi connectivity index (χ0v) is 37.8. The molecule has 8 N–H and O–H groups in total. The first kappa shape index (κ1) is 55.6.